The number of carbonyl (C=O) groups excluding carboxylic acids is 1. The van der Waals surface area contributed by atoms with E-state index in [4.69, 9.17) is 0 Å². The highest BCUT2D eigenvalue weighted by atomic mass is 16.2. The number of nitrogens with one attached hydrogen (secondary N) is 1. The maximum atomic E-state index is 12.5. The molecule has 0 bridgehead atoms. The first-order chi connectivity index (χ1) is 9.11. The molecule has 1 amide bonds. The van der Waals surface area contributed by atoms with Crippen molar-refractivity contribution in [3.05, 3.63) is 24.0 Å². The monoisotopic (exact) mass is 262 g/mol. The molecule has 0 spiro atoms. The predicted molar refractivity (Wildman–Crippen MR) is 76.4 cm³/mol. The summed E-state index contributed by atoms with van der Waals surface area (Å²) in [5.74, 6) is 0.0430. The quantitative estimate of drug-likeness (QED) is 0.888. The fraction of sp³-hybridized carbons (Fsp3) is 0.571. The molecule has 0 saturated carbocycles. The minimum Gasteiger partial charge on any atom is -0.388 e. The third-order valence-electron chi connectivity index (χ3n) is 3.48. The molecule has 0 aromatic carbocycles. The molecule has 1 aromatic rings. The van der Waals surface area contributed by atoms with E-state index in [1.54, 1.807) is 6.20 Å². The zero-order chi connectivity index (χ0) is 13.8. The Kier molecular flexibility index (Phi) is 4.37. The number of pyridine rings is 1. The number of hydrogen-bond acceptors (Lipinski definition) is 4. The zero-order valence-electron chi connectivity index (χ0n) is 11.9. The molecule has 1 unspecified atom stereocenters. The lowest BCUT2D eigenvalue weighted by molar-refractivity contribution is 0.0710. The van der Waals surface area contributed by atoms with Crippen LogP contribution in [-0.4, -0.2) is 61.0 Å². The lowest BCUT2D eigenvalue weighted by Crippen LogP contribution is -2.41. The Morgan fingerprint density at radius 3 is 3.05 bits per heavy atom. The van der Waals surface area contributed by atoms with Gasteiger partial charge in [0.15, 0.2) is 0 Å². The molecule has 2 rings (SSSR count). The highest BCUT2D eigenvalue weighted by Crippen LogP contribution is 2.20. The third-order valence-corrected chi connectivity index (χ3v) is 3.48. The third kappa shape index (κ3) is 3.23. The Balaban J connectivity index is 2.13. The highest BCUT2D eigenvalue weighted by molar-refractivity contribution is 5.93. The Labute approximate surface area is 114 Å². The van der Waals surface area contributed by atoms with Gasteiger partial charge in [-0.2, -0.15) is 0 Å². The van der Waals surface area contributed by atoms with Crippen LogP contribution in [0.15, 0.2) is 18.3 Å². The maximum absolute atomic E-state index is 12.5. The molecule has 1 aliphatic rings. The molecule has 104 valence electrons. The number of amides is 1. The number of likely N-dealkylation sites (N-methyl/N-ethyl adjacent to an activating group) is 1. The van der Waals surface area contributed by atoms with E-state index in [1.165, 1.54) is 0 Å². The summed E-state index contributed by atoms with van der Waals surface area (Å²) in [6.07, 6.45) is 3.84. The SMILES string of the molecule is CNc1ccnc(C(=O)N2CCCC2CN(C)C)c1. The molecule has 1 N–H and O–H groups in total. The molecule has 0 radical (unpaired) electrons. The normalized spacial score (nSPS) is 18.9. The molecule has 1 atom stereocenters. The van der Waals surface area contributed by atoms with E-state index in [9.17, 15) is 4.79 Å². The number of hydrogen-bond donors (Lipinski definition) is 1. The molecule has 5 nitrogen and oxygen atoms in total. The van der Waals surface area contributed by atoms with Gasteiger partial charge in [0, 0.05) is 38.1 Å². The van der Waals surface area contributed by atoms with Crippen molar-refractivity contribution in [2.45, 2.75) is 18.9 Å². The first-order valence-electron chi connectivity index (χ1n) is 6.71. The van der Waals surface area contributed by atoms with Gasteiger partial charge in [-0.1, -0.05) is 0 Å². The molecule has 0 aliphatic carbocycles. The van der Waals surface area contributed by atoms with Crippen molar-refractivity contribution in [1.29, 1.82) is 0 Å². The Morgan fingerprint density at radius 1 is 1.58 bits per heavy atom. The van der Waals surface area contributed by atoms with Gasteiger partial charge in [-0.15, -0.1) is 0 Å². The predicted octanol–water partition coefficient (Wildman–Crippen LogP) is 1.29. The number of likely N-dealkylation sites (tertiary alicyclic amines) is 1. The van der Waals surface area contributed by atoms with Gasteiger partial charge >= 0.3 is 0 Å². The minimum absolute atomic E-state index is 0.0430. The largest absolute Gasteiger partial charge is 0.388 e. The van der Waals surface area contributed by atoms with E-state index < -0.39 is 0 Å². The van der Waals surface area contributed by atoms with Crippen LogP contribution in [0.5, 0.6) is 0 Å². The number of rotatable bonds is 4. The van der Waals surface area contributed by atoms with Crippen LogP contribution in [0.2, 0.25) is 0 Å². The number of nitrogens with zero attached hydrogens (tertiary/aromatic N) is 3. The molecule has 1 saturated heterocycles. The summed E-state index contributed by atoms with van der Waals surface area (Å²) < 4.78 is 0. The van der Waals surface area contributed by atoms with Crippen molar-refractivity contribution in [2.75, 3.05) is 39.5 Å². The maximum Gasteiger partial charge on any atom is 0.272 e. The summed E-state index contributed by atoms with van der Waals surface area (Å²) >= 11 is 0. The molecule has 5 heteroatoms. The molecule has 1 fully saturated rings. The van der Waals surface area contributed by atoms with E-state index in [0.717, 1.165) is 31.6 Å². The molecule has 1 aromatic heterocycles. The first-order valence-corrected chi connectivity index (χ1v) is 6.71. The minimum atomic E-state index is 0.0430. The fourth-order valence-electron chi connectivity index (χ4n) is 2.56. The van der Waals surface area contributed by atoms with Gasteiger partial charge in [0.1, 0.15) is 5.69 Å². The average molecular weight is 262 g/mol. The summed E-state index contributed by atoms with van der Waals surface area (Å²) in [6, 6.07) is 3.98. The second-order valence-electron chi connectivity index (χ2n) is 5.24. The first kappa shape index (κ1) is 13.8. The van der Waals surface area contributed by atoms with Gasteiger partial charge in [-0.25, -0.2) is 0 Å². The van der Waals surface area contributed by atoms with Crippen molar-refractivity contribution in [1.82, 2.24) is 14.8 Å². The number of anilines is 1. The second-order valence-corrected chi connectivity index (χ2v) is 5.24. The van der Waals surface area contributed by atoms with E-state index in [-0.39, 0.29) is 5.91 Å². The van der Waals surface area contributed by atoms with Crippen molar-refractivity contribution in [3.8, 4) is 0 Å². The lowest BCUT2D eigenvalue weighted by atomic mass is 10.2. The van der Waals surface area contributed by atoms with Crippen LogP contribution in [0, 0.1) is 0 Å². The molecular weight excluding hydrogens is 240 g/mol. The summed E-state index contributed by atoms with van der Waals surface area (Å²) in [5.41, 5.74) is 1.44. The summed E-state index contributed by atoms with van der Waals surface area (Å²) in [5, 5.41) is 3.04. The highest BCUT2D eigenvalue weighted by Gasteiger charge is 2.30. The summed E-state index contributed by atoms with van der Waals surface area (Å²) in [7, 11) is 5.93. The molecule has 1 aliphatic heterocycles. The van der Waals surface area contributed by atoms with E-state index in [2.05, 4.69) is 15.2 Å². The Hall–Kier alpha value is -1.62. The van der Waals surface area contributed by atoms with E-state index >= 15 is 0 Å². The average Bonchev–Trinajstić information content (AvgIpc) is 2.85. The molecule has 19 heavy (non-hydrogen) atoms. The van der Waals surface area contributed by atoms with Crippen molar-refractivity contribution >= 4 is 11.6 Å². The van der Waals surface area contributed by atoms with Gasteiger partial charge in [0.25, 0.3) is 5.91 Å². The topological polar surface area (TPSA) is 48.5 Å². The van der Waals surface area contributed by atoms with Crippen LogP contribution in [-0.2, 0) is 0 Å². The molecule has 2 heterocycles. The lowest BCUT2D eigenvalue weighted by Gasteiger charge is -2.27. The summed E-state index contributed by atoms with van der Waals surface area (Å²) in [6.45, 7) is 1.75. The molecular formula is C14H22N4O. The van der Waals surface area contributed by atoms with Crippen molar-refractivity contribution < 1.29 is 4.79 Å². The van der Waals surface area contributed by atoms with Gasteiger partial charge in [0.05, 0.1) is 0 Å². The Morgan fingerprint density at radius 2 is 2.37 bits per heavy atom. The smallest absolute Gasteiger partial charge is 0.272 e. The van der Waals surface area contributed by atoms with Crippen LogP contribution < -0.4 is 5.32 Å². The second kappa shape index (κ2) is 6.02. The van der Waals surface area contributed by atoms with Crippen LogP contribution >= 0.6 is 0 Å². The van der Waals surface area contributed by atoms with Gasteiger partial charge in [-0.3, -0.25) is 9.78 Å². The van der Waals surface area contributed by atoms with Crippen LogP contribution in [0.4, 0.5) is 5.69 Å². The Bertz CT molecular complexity index is 447. The zero-order valence-corrected chi connectivity index (χ0v) is 11.9. The van der Waals surface area contributed by atoms with Crippen LogP contribution in [0.1, 0.15) is 23.3 Å². The summed E-state index contributed by atoms with van der Waals surface area (Å²) in [4.78, 5) is 20.8. The van der Waals surface area contributed by atoms with Gasteiger partial charge < -0.3 is 15.1 Å². The number of aromatic nitrogens is 1. The fourth-order valence-corrected chi connectivity index (χ4v) is 2.56. The van der Waals surface area contributed by atoms with Gasteiger partial charge in [0.2, 0.25) is 0 Å². The van der Waals surface area contributed by atoms with E-state index in [1.807, 2.05) is 38.2 Å². The van der Waals surface area contributed by atoms with Crippen LogP contribution in [0.25, 0.3) is 0 Å². The van der Waals surface area contributed by atoms with Crippen LogP contribution in [0.3, 0.4) is 0 Å². The van der Waals surface area contributed by atoms with Gasteiger partial charge in [-0.05, 0) is 39.1 Å². The van der Waals surface area contributed by atoms with E-state index in [0.29, 0.717) is 11.7 Å². The number of carbonyl (C=O) groups is 1. The van der Waals surface area contributed by atoms with Crippen molar-refractivity contribution in [3.63, 3.8) is 0 Å². The standard InChI is InChI=1S/C14H22N4O/c1-15-11-6-7-16-13(9-11)14(19)18-8-4-5-12(18)10-17(2)3/h6-7,9,12H,4-5,8,10H2,1-3H3,(H,15,16). The van der Waals surface area contributed by atoms with Crippen molar-refractivity contribution in [2.24, 2.45) is 0 Å².